The van der Waals surface area contributed by atoms with Gasteiger partial charge in [-0.25, -0.2) is 0 Å². The van der Waals surface area contributed by atoms with Gasteiger partial charge in [0.1, 0.15) is 16.9 Å². The van der Waals surface area contributed by atoms with Crippen LogP contribution in [0.15, 0.2) is 150 Å². The molecule has 0 aliphatic carbocycles. The minimum absolute atomic E-state index is 0.802. The van der Waals surface area contributed by atoms with Crippen molar-refractivity contribution in [2.45, 2.75) is 0 Å². The summed E-state index contributed by atoms with van der Waals surface area (Å²) in [5.74, 6) is 3.33. The Kier molecular flexibility index (Phi) is 4.78. The summed E-state index contributed by atoms with van der Waals surface area (Å²) in [6.45, 7) is 0. The molecule has 0 fully saturated rings. The maximum atomic E-state index is 6.57. The first-order chi connectivity index (χ1) is 23.3. The summed E-state index contributed by atoms with van der Waals surface area (Å²) in [6.07, 6.45) is 0. The van der Waals surface area contributed by atoms with Crippen molar-refractivity contribution in [3.63, 3.8) is 0 Å². The number of hydrogen-bond acceptors (Lipinski definition) is 4. The van der Waals surface area contributed by atoms with Crippen LogP contribution in [0, 0.1) is 0 Å². The predicted molar refractivity (Wildman–Crippen MR) is 188 cm³/mol. The third-order valence-corrected chi connectivity index (χ3v) is 9.53. The molecular weight excluding hydrogens is 580 g/mol. The van der Waals surface area contributed by atoms with Crippen molar-refractivity contribution >= 4 is 60.8 Å². The number of nitrogens with zero attached hydrogens (tertiary/aromatic N) is 2. The van der Waals surface area contributed by atoms with E-state index in [0.717, 1.165) is 101 Å². The molecule has 47 heavy (non-hydrogen) atoms. The minimum atomic E-state index is 0.802. The lowest BCUT2D eigenvalue weighted by Gasteiger charge is -2.27. The number of furan rings is 1. The van der Waals surface area contributed by atoms with E-state index in [1.807, 2.05) is 42.5 Å². The van der Waals surface area contributed by atoms with Gasteiger partial charge in [0, 0.05) is 44.7 Å². The Bertz CT molecular complexity index is 2740. The van der Waals surface area contributed by atoms with E-state index >= 15 is 0 Å². The van der Waals surface area contributed by atoms with E-state index in [9.17, 15) is 0 Å². The van der Waals surface area contributed by atoms with E-state index in [4.69, 9.17) is 13.9 Å². The standard InChI is InChI=1S/C42H24N2O3/c1-2-8-27(9-3-1)43(29-20-21-31-30-10-4-5-12-34(30)45-38(31)24-29)28-18-16-25(17-19-28)26-22-33-32-11-6-13-35-40(32)44-41(33)39(23-26)47-37-15-7-14-36(46-35)42(37)44/h1-24H. The van der Waals surface area contributed by atoms with Crippen LogP contribution in [0.3, 0.4) is 0 Å². The van der Waals surface area contributed by atoms with Gasteiger partial charge in [-0.15, -0.1) is 0 Å². The zero-order valence-corrected chi connectivity index (χ0v) is 25.0. The summed E-state index contributed by atoms with van der Waals surface area (Å²) < 4.78 is 21.5. The Hall–Kier alpha value is -6.46. The molecule has 0 spiro atoms. The van der Waals surface area contributed by atoms with E-state index in [2.05, 4.69) is 113 Å². The topological polar surface area (TPSA) is 39.8 Å². The van der Waals surface area contributed by atoms with Gasteiger partial charge >= 0.3 is 0 Å². The number of hydrogen-bond donors (Lipinski definition) is 0. The second kappa shape index (κ2) is 9.05. The van der Waals surface area contributed by atoms with Gasteiger partial charge in [0.2, 0.25) is 0 Å². The number of anilines is 3. The second-order valence-corrected chi connectivity index (χ2v) is 12.2. The van der Waals surface area contributed by atoms with Gasteiger partial charge in [-0.1, -0.05) is 66.7 Å². The van der Waals surface area contributed by atoms with Gasteiger partial charge in [-0.3, -0.25) is 4.57 Å². The van der Waals surface area contributed by atoms with Crippen LogP contribution in [0.4, 0.5) is 17.1 Å². The Balaban J connectivity index is 1.05. The van der Waals surface area contributed by atoms with Crippen LogP contribution in [0.25, 0.3) is 60.6 Å². The molecule has 5 heteroatoms. The fourth-order valence-electron chi connectivity index (χ4n) is 7.48. The number of fused-ring (bicyclic) bond motifs is 4. The molecule has 0 atom stereocenters. The van der Waals surface area contributed by atoms with Crippen molar-refractivity contribution in [2.24, 2.45) is 0 Å². The quantitative estimate of drug-likeness (QED) is 0.200. The monoisotopic (exact) mass is 604 g/mol. The molecule has 2 aromatic heterocycles. The third-order valence-electron chi connectivity index (χ3n) is 9.53. The first kappa shape index (κ1) is 24.8. The van der Waals surface area contributed by atoms with Crippen LogP contribution < -0.4 is 14.4 Å². The molecular formula is C42H24N2O3. The minimum Gasteiger partial charge on any atom is -0.456 e. The molecule has 0 N–H and O–H groups in total. The molecule has 2 aliphatic heterocycles. The van der Waals surface area contributed by atoms with Crippen LogP contribution in [0.2, 0.25) is 0 Å². The highest BCUT2D eigenvalue weighted by atomic mass is 16.5. The van der Waals surface area contributed by atoms with Crippen LogP contribution in [-0.4, -0.2) is 4.57 Å². The Labute approximate surface area is 269 Å². The van der Waals surface area contributed by atoms with Crippen molar-refractivity contribution in [1.82, 2.24) is 4.57 Å². The molecule has 9 aromatic rings. The average Bonchev–Trinajstić information content (AvgIpc) is 3.66. The van der Waals surface area contributed by atoms with Crippen molar-refractivity contribution in [3.8, 4) is 39.8 Å². The second-order valence-electron chi connectivity index (χ2n) is 12.2. The van der Waals surface area contributed by atoms with Crippen molar-refractivity contribution in [1.29, 1.82) is 0 Å². The maximum absolute atomic E-state index is 6.57. The lowest BCUT2D eigenvalue weighted by atomic mass is 10.0. The maximum Gasteiger partial charge on any atom is 0.155 e. The highest BCUT2D eigenvalue weighted by Crippen LogP contribution is 2.54. The van der Waals surface area contributed by atoms with Gasteiger partial charge in [-0.2, -0.15) is 0 Å². The lowest BCUT2D eigenvalue weighted by Crippen LogP contribution is -2.10. The highest BCUT2D eigenvalue weighted by Gasteiger charge is 2.32. The summed E-state index contributed by atoms with van der Waals surface area (Å²) >= 11 is 0. The summed E-state index contributed by atoms with van der Waals surface area (Å²) in [5, 5.41) is 4.54. The molecule has 5 nitrogen and oxygen atoms in total. The molecule has 2 aliphatic rings. The first-order valence-corrected chi connectivity index (χ1v) is 15.8. The zero-order valence-electron chi connectivity index (χ0n) is 25.0. The zero-order chi connectivity index (χ0) is 30.6. The average molecular weight is 605 g/mol. The molecule has 0 unspecified atom stereocenters. The Morgan fingerprint density at radius 1 is 0.404 bits per heavy atom. The van der Waals surface area contributed by atoms with Crippen molar-refractivity contribution in [2.75, 3.05) is 4.90 Å². The van der Waals surface area contributed by atoms with Crippen molar-refractivity contribution < 1.29 is 13.9 Å². The van der Waals surface area contributed by atoms with Gasteiger partial charge in [0.05, 0.1) is 11.0 Å². The van der Waals surface area contributed by atoms with E-state index in [-0.39, 0.29) is 0 Å². The molecule has 0 bridgehead atoms. The number of rotatable bonds is 4. The van der Waals surface area contributed by atoms with Crippen LogP contribution in [0.1, 0.15) is 0 Å². The number of benzene rings is 7. The van der Waals surface area contributed by atoms with Crippen LogP contribution in [-0.2, 0) is 0 Å². The van der Waals surface area contributed by atoms with Crippen LogP contribution in [0.5, 0.6) is 23.0 Å². The Morgan fingerprint density at radius 2 is 1.06 bits per heavy atom. The van der Waals surface area contributed by atoms with E-state index < -0.39 is 0 Å². The van der Waals surface area contributed by atoms with Gasteiger partial charge in [0.15, 0.2) is 23.0 Å². The number of aromatic nitrogens is 1. The Morgan fingerprint density at radius 3 is 1.94 bits per heavy atom. The van der Waals surface area contributed by atoms with E-state index in [0.29, 0.717) is 0 Å². The highest BCUT2D eigenvalue weighted by molar-refractivity contribution is 6.16. The SMILES string of the molecule is c1ccc(N(c2ccc(-c3cc4c5c(c3)c3cccc6c3n5-c3c(cccc3O4)O6)cc2)c2ccc3c(c2)oc2ccccc23)cc1. The smallest absolute Gasteiger partial charge is 0.155 e. The molecule has 0 radical (unpaired) electrons. The molecule has 0 saturated heterocycles. The predicted octanol–water partition coefficient (Wildman–Crippen LogP) is 12.0. The fourth-order valence-corrected chi connectivity index (χ4v) is 7.48. The van der Waals surface area contributed by atoms with Crippen LogP contribution >= 0.6 is 0 Å². The molecule has 0 saturated carbocycles. The first-order valence-electron chi connectivity index (χ1n) is 15.8. The summed E-state index contributed by atoms with van der Waals surface area (Å²) in [6, 6.07) is 50.6. The van der Waals surface area contributed by atoms with Crippen molar-refractivity contribution in [3.05, 3.63) is 146 Å². The number of ether oxygens (including phenoxy) is 2. The normalized spacial score (nSPS) is 12.6. The van der Waals surface area contributed by atoms with Gasteiger partial charge < -0.3 is 18.8 Å². The summed E-state index contributed by atoms with van der Waals surface area (Å²) in [5.41, 5.74) is 10.3. The molecule has 7 aromatic carbocycles. The summed E-state index contributed by atoms with van der Waals surface area (Å²) in [4.78, 5) is 2.27. The third kappa shape index (κ3) is 3.43. The molecule has 11 rings (SSSR count). The molecule has 220 valence electrons. The molecule has 0 amide bonds. The van der Waals surface area contributed by atoms with Gasteiger partial charge in [0.25, 0.3) is 0 Å². The number of para-hydroxylation sites is 4. The summed E-state index contributed by atoms with van der Waals surface area (Å²) in [7, 11) is 0. The largest absolute Gasteiger partial charge is 0.456 e. The van der Waals surface area contributed by atoms with E-state index in [1.54, 1.807) is 0 Å². The molecule has 4 heterocycles. The van der Waals surface area contributed by atoms with E-state index in [1.165, 1.54) is 0 Å². The fraction of sp³-hybridized carbons (Fsp3) is 0. The lowest BCUT2D eigenvalue weighted by molar-refractivity contribution is 0.444. The van der Waals surface area contributed by atoms with Gasteiger partial charge in [-0.05, 0) is 83.9 Å².